The van der Waals surface area contributed by atoms with Crippen LogP contribution in [0.2, 0.25) is 0 Å². The highest BCUT2D eigenvalue weighted by Crippen LogP contribution is 2.08. The Balaban J connectivity index is 2.35. The number of amides is 1. The number of rotatable bonds is 8. The van der Waals surface area contributed by atoms with Gasteiger partial charge in [-0.2, -0.15) is 0 Å². The number of hydrogen-bond donors (Lipinski definition) is 3. The summed E-state index contributed by atoms with van der Waals surface area (Å²) in [4.78, 5) is 11.8. The molecule has 0 heterocycles. The van der Waals surface area contributed by atoms with Crippen molar-refractivity contribution in [1.29, 1.82) is 0 Å². The monoisotopic (exact) mass is 266 g/mol. The van der Waals surface area contributed by atoms with Gasteiger partial charge in [-0.1, -0.05) is 24.3 Å². The van der Waals surface area contributed by atoms with Crippen LogP contribution in [0.5, 0.6) is 0 Å². The van der Waals surface area contributed by atoms with Gasteiger partial charge in [0.2, 0.25) is 5.91 Å². The summed E-state index contributed by atoms with van der Waals surface area (Å²) >= 11 is 0. The fourth-order valence-corrected chi connectivity index (χ4v) is 1.82. The highest BCUT2D eigenvalue weighted by atomic mass is 16.5. The highest BCUT2D eigenvalue weighted by molar-refractivity contribution is 5.78. The molecule has 1 unspecified atom stereocenters. The zero-order valence-corrected chi connectivity index (χ0v) is 11.3. The van der Waals surface area contributed by atoms with Crippen LogP contribution in [0, 0.1) is 0 Å². The van der Waals surface area contributed by atoms with E-state index >= 15 is 0 Å². The molecule has 0 saturated heterocycles. The van der Waals surface area contributed by atoms with Crippen LogP contribution in [0.15, 0.2) is 24.3 Å². The van der Waals surface area contributed by atoms with Crippen LogP contribution >= 0.6 is 0 Å². The summed E-state index contributed by atoms with van der Waals surface area (Å²) in [6.45, 7) is 1.15. The molecule has 1 aromatic carbocycles. The van der Waals surface area contributed by atoms with Crippen LogP contribution in [-0.2, 0) is 22.5 Å². The number of aliphatic hydroxyl groups is 1. The second-order valence-corrected chi connectivity index (χ2v) is 4.40. The van der Waals surface area contributed by atoms with E-state index in [4.69, 9.17) is 10.5 Å². The van der Waals surface area contributed by atoms with E-state index in [-0.39, 0.29) is 12.5 Å². The average molecular weight is 266 g/mol. The molecule has 1 amide bonds. The van der Waals surface area contributed by atoms with Crippen LogP contribution in [0.4, 0.5) is 0 Å². The van der Waals surface area contributed by atoms with Crippen molar-refractivity contribution >= 4 is 5.91 Å². The van der Waals surface area contributed by atoms with Gasteiger partial charge in [0.15, 0.2) is 0 Å². The van der Waals surface area contributed by atoms with E-state index in [2.05, 4.69) is 5.32 Å². The maximum atomic E-state index is 11.8. The maximum Gasteiger partial charge on any atom is 0.224 e. The van der Waals surface area contributed by atoms with Gasteiger partial charge >= 0.3 is 0 Å². The first-order chi connectivity index (χ1) is 9.17. The summed E-state index contributed by atoms with van der Waals surface area (Å²) in [7, 11) is 1.53. The van der Waals surface area contributed by atoms with Crippen molar-refractivity contribution in [2.75, 3.05) is 20.3 Å². The lowest BCUT2D eigenvalue weighted by atomic mass is 10.0. The Bertz CT molecular complexity index is 396. The quantitative estimate of drug-likeness (QED) is 0.627. The fraction of sp³-hybridized carbons (Fsp3) is 0.500. The average Bonchev–Trinajstić information content (AvgIpc) is 2.39. The predicted octanol–water partition coefficient (Wildman–Crippen LogP) is 0.201. The zero-order chi connectivity index (χ0) is 14.1. The van der Waals surface area contributed by atoms with Gasteiger partial charge in [0.05, 0.1) is 19.1 Å². The molecule has 0 aliphatic carbocycles. The molecule has 0 saturated carbocycles. The lowest BCUT2D eigenvalue weighted by Gasteiger charge is -2.11. The van der Waals surface area contributed by atoms with E-state index in [9.17, 15) is 9.90 Å². The van der Waals surface area contributed by atoms with Gasteiger partial charge in [0.25, 0.3) is 0 Å². The molecule has 0 aliphatic heterocycles. The lowest BCUT2D eigenvalue weighted by molar-refractivity contribution is -0.120. The highest BCUT2D eigenvalue weighted by Gasteiger charge is 2.08. The van der Waals surface area contributed by atoms with Gasteiger partial charge in [0, 0.05) is 20.2 Å². The Hall–Kier alpha value is -1.43. The number of methoxy groups -OCH3 is 1. The fourth-order valence-electron chi connectivity index (χ4n) is 1.82. The van der Waals surface area contributed by atoms with Crippen LogP contribution in [0.25, 0.3) is 0 Å². The van der Waals surface area contributed by atoms with Crippen LogP contribution < -0.4 is 11.1 Å². The first-order valence-corrected chi connectivity index (χ1v) is 6.38. The Morgan fingerprint density at radius 3 is 2.74 bits per heavy atom. The number of hydrogen-bond acceptors (Lipinski definition) is 4. The molecule has 5 heteroatoms. The number of benzene rings is 1. The largest absolute Gasteiger partial charge is 0.391 e. The second-order valence-electron chi connectivity index (χ2n) is 4.40. The molecule has 0 fully saturated rings. The lowest BCUT2D eigenvalue weighted by Crippen LogP contribution is -2.29. The van der Waals surface area contributed by atoms with Crippen molar-refractivity contribution in [2.24, 2.45) is 5.73 Å². The maximum absolute atomic E-state index is 11.8. The zero-order valence-electron chi connectivity index (χ0n) is 11.3. The van der Waals surface area contributed by atoms with Crippen molar-refractivity contribution in [3.8, 4) is 0 Å². The molecule has 0 aromatic heterocycles. The number of nitrogens with two attached hydrogens (primary N) is 1. The topological polar surface area (TPSA) is 84.6 Å². The Kier molecular flexibility index (Phi) is 7.10. The molecule has 1 atom stereocenters. The standard InChI is InChI=1S/C14H22N2O3/c1-19-10-13(17)6-7-16-14(18)8-11-4-2-3-5-12(11)9-15/h2-5,13,17H,6-10,15H2,1H3,(H,16,18). The van der Waals surface area contributed by atoms with Gasteiger partial charge in [-0.05, 0) is 17.5 Å². The number of nitrogens with one attached hydrogen (secondary N) is 1. The van der Waals surface area contributed by atoms with Crippen molar-refractivity contribution in [3.05, 3.63) is 35.4 Å². The summed E-state index contributed by atoms with van der Waals surface area (Å²) in [5.41, 5.74) is 7.55. The van der Waals surface area contributed by atoms with Gasteiger partial charge in [-0.15, -0.1) is 0 Å². The van der Waals surface area contributed by atoms with E-state index in [1.165, 1.54) is 7.11 Å². The molecule has 0 radical (unpaired) electrons. The van der Waals surface area contributed by atoms with Crippen molar-refractivity contribution in [2.45, 2.75) is 25.5 Å². The number of ether oxygens (including phenoxy) is 1. The van der Waals surface area contributed by atoms with Crippen LogP contribution in [-0.4, -0.2) is 37.4 Å². The molecule has 19 heavy (non-hydrogen) atoms. The third-order valence-electron chi connectivity index (χ3n) is 2.85. The third-order valence-corrected chi connectivity index (χ3v) is 2.85. The van der Waals surface area contributed by atoms with Crippen molar-refractivity contribution in [3.63, 3.8) is 0 Å². The number of aliphatic hydroxyl groups excluding tert-OH is 1. The molecule has 5 nitrogen and oxygen atoms in total. The Morgan fingerprint density at radius 1 is 1.42 bits per heavy atom. The van der Waals surface area contributed by atoms with E-state index in [0.29, 0.717) is 25.9 Å². The van der Waals surface area contributed by atoms with E-state index in [0.717, 1.165) is 11.1 Å². The van der Waals surface area contributed by atoms with Crippen molar-refractivity contribution < 1.29 is 14.6 Å². The minimum atomic E-state index is -0.540. The van der Waals surface area contributed by atoms with Gasteiger partial charge in [0.1, 0.15) is 0 Å². The molecular formula is C14H22N2O3. The van der Waals surface area contributed by atoms with E-state index < -0.39 is 6.10 Å². The summed E-state index contributed by atoms with van der Waals surface area (Å²) in [5, 5.41) is 12.2. The first-order valence-electron chi connectivity index (χ1n) is 6.38. The Labute approximate surface area is 113 Å². The molecule has 1 aromatic rings. The summed E-state index contributed by atoms with van der Waals surface area (Å²) < 4.78 is 4.81. The first kappa shape index (κ1) is 15.6. The van der Waals surface area contributed by atoms with Gasteiger partial charge in [-0.25, -0.2) is 0 Å². The number of carbonyl (C=O) groups excluding carboxylic acids is 1. The molecule has 0 aliphatic rings. The third kappa shape index (κ3) is 5.83. The van der Waals surface area contributed by atoms with Gasteiger partial charge in [-0.3, -0.25) is 4.79 Å². The minimum absolute atomic E-state index is 0.0643. The van der Waals surface area contributed by atoms with Gasteiger partial charge < -0.3 is 20.9 Å². The number of carbonyl (C=O) groups is 1. The molecule has 4 N–H and O–H groups in total. The second kappa shape index (κ2) is 8.63. The smallest absolute Gasteiger partial charge is 0.224 e. The molecular weight excluding hydrogens is 244 g/mol. The predicted molar refractivity (Wildman–Crippen MR) is 73.5 cm³/mol. The van der Waals surface area contributed by atoms with Crippen LogP contribution in [0.3, 0.4) is 0 Å². The molecule has 106 valence electrons. The van der Waals surface area contributed by atoms with E-state index in [1.807, 2.05) is 24.3 Å². The summed E-state index contributed by atoms with van der Waals surface area (Å²) in [5.74, 6) is -0.0643. The van der Waals surface area contributed by atoms with Crippen LogP contribution in [0.1, 0.15) is 17.5 Å². The summed E-state index contributed by atoms with van der Waals surface area (Å²) in [6, 6.07) is 7.63. The molecule has 1 rings (SSSR count). The normalized spacial score (nSPS) is 12.2. The Morgan fingerprint density at radius 2 is 2.11 bits per heavy atom. The minimum Gasteiger partial charge on any atom is -0.391 e. The van der Waals surface area contributed by atoms with Crippen molar-refractivity contribution in [1.82, 2.24) is 5.32 Å². The van der Waals surface area contributed by atoms with E-state index in [1.54, 1.807) is 0 Å². The summed E-state index contributed by atoms with van der Waals surface area (Å²) in [6.07, 6.45) is 0.257. The SMILES string of the molecule is COCC(O)CCNC(=O)Cc1ccccc1CN. The molecule has 0 bridgehead atoms. The molecule has 0 spiro atoms.